The van der Waals surface area contributed by atoms with Gasteiger partial charge in [0.1, 0.15) is 11.5 Å². The van der Waals surface area contributed by atoms with Gasteiger partial charge in [-0.1, -0.05) is 36.4 Å². The summed E-state index contributed by atoms with van der Waals surface area (Å²) in [5.74, 6) is -0.221. The van der Waals surface area contributed by atoms with Gasteiger partial charge in [-0.05, 0) is 41.0 Å². The summed E-state index contributed by atoms with van der Waals surface area (Å²) in [6, 6.07) is 9.54. The van der Waals surface area contributed by atoms with Crippen LogP contribution in [0.2, 0.25) is 0 Å². The molecule has 0 N–H and O–H groups in total. The van der Waals surface area contributed by atoms with Gasteiger partial charge in [0.2, 0.25) is 5.82 Å². The lowest BCUT2D eigenvalue weighted by molar-refractivity contribution is 0.620. The van der Waals surface area contributed by atoms with Crippen molar-refractivity contribution in [3.05, 3.63) is 83.9 Å². The first-order chi connectivity index (χ1) is 13.2. The van der Waals surface area contributed by atoms with Crippen LogP contribution in [0.5, 0.6) is 0 Å². The van der Waals surface area contributed by atoms with Crippen LogP contribution in [0.4, 0.5) is 4.39 Å². The fraction of sp³-hybridized carbons (Fsp3) is 0.0500. The van der Waals surface area contributed by atoms with Crippen molar-refractivity contribution in [2.45, 2.75) is 6.42 Å². The van der Waals surface area contributed by atoms with E-state index in [2.05, 4.69) is 32.5 Å². The Kier molecular flexibility index (Phi) is 4.37. The zero-order chi connectivity index (χ0) is 18.6. The SMILES string of the molecule is N#Cc1cc(F)cc(-n2nnc(-c3ccc(C4=CCC=CC=C4)cn3)n2)c1. The zero-order valence-corrected chi connectivity index (χ0v) is 14.1. The highest BCUT2D eigenvalue weighted by Crippen LogP contribution is 2.21. The largest absolute Gasteiger partial charge is 0.252 e. The maximum absolute atomic E-state index is 13.6. The summed E-state index contributed by atoms with van der Waals surface area (Å²) >= 11 is 0. The molecule has 0 bridgehead atoms. The molecule has 4 rings (SSSR count). The molecule has 0 radical (unpaired) electrons. The second-order valence-electron chi connectivity index (χ2n) is 5.83. The summed E-state index contributed by atoms with van der Waals surface area (Å²) in [4.78, 5) is 5.59. The zero-order valence-electron chi connectivity index (χ0n) is 14.1. The Morgan fingerprint density at radius 1 is 1.15 bits per heavy atom. The van der Waals surface area contributed by atoms with E-state index in [1.807, 2.05) is 36.4 Å². The molecule has 0 saturated heterocycles. The summed E-state index contributed by atoms with van der Waals surface area (Å²) in [5, 5.41) is 21.1. The van der Waals surface area contributed by atoms with Gasteiger partial charge >= 0.3 is 0 Å². The number of hydrogen-bond acceptors (Lipinski definition) is 5. The lowest BCUT2D eigenvalue weighted by atomic mass is 10.1. The summed E-state index contributed by atoms with van der Waals surface area (Å²) in [5.41, 5.74) is 3.15. The molecule has 0 atom stereocenters. The molecular formula is C20H13FN6. The third-order valence-electron chi connectivity index (χ3n) is 3.98. The van der Waals surface area contributed by atoms with Crippen LogP contribution in [-0.4, -0.2) is 25.2 Å². The van der Waals surface area contributed by atoms with Crippen molar-refractivity contribution in [2.24, 2.45) is 0 Å². The van der Waals surface area contributed by atoms with Crippen LogP contribution >= 0.6 is 0 Å². The van der Waals surface area contributed by atoms with Crippen molar-refractivity contribution >= 4 is 5.57 Å². The van der Waals surface area contributed by atoms with Crippen LogP contribution < -0.4 is 0 Å². The van der Waals surface area contributed by atoms with Crippen molar-refractivity contribution in [1.82, 2.24) is 25.2 Å². The molecule has 1 aliphatic rings. The first-order valence-corrected chi connectivity index (χ1v) is 8.24. The molecule has 2 aromatic heterocycles. The van der Waals surface area contributed by atoms with Crippen molar-refractivity contribution < 1.29 is 4.39 Å². The van der Waals surface area contributed by atoms with E-state index in [4.69, 9.17) is 5.26 Å². The van der Waals surface area contributed by atoms with E-state index in [-0.39, 0.29) is 5.56 Å². The molecule has 0 unspecified atom stereocenters. The Balaban J connectivity index is 1.61. The number of aromatic nitrogens is 5. The van der Waals surface area contributed by atoms with Gasteiger partial charge in [0.15, 0.2) is 0 Å². The van der Waals surface area contributed by atoms with E-state index in [0.717, 1.165) is 23.6 Å². The Hall–Kier alpha value is -3.92. The lowest BCUT2D eigenvalue weighted by Crippen LogP contribution is -2.00. The molecule has 0 fully saturated rings. The van der Waals surface area contributed by atoms with E-state index in [1.54, 1.807) is 6.20 Å². The monoisotopic (exact) mass is 356 g/mol. The van der Waals surface area contributed by atoms with E-state index in [0.29, 0.717) is 17.2 Å². The van der Waals surface area contributed by atoms with E-state index in [1.165, 1.54) is 16.9 Å². The Labute approximate surface area is 154 Å². The van der Waals surface area contributed by atoms with Gasteiger partial charge in [0.05, 0.1) is 17.3 Å². The van der Waals surface area contributed by atoms with Gasteiger partial charge in [-0.3, -0.25) is 4.98 Å². The van der Waals surface area contributed by atoms with Crippen LogP contribution in [0.3, 0.4) is 0 Å². The summed E-state index contributed by atoms with van der Waals surface area (Å²) < 4.78 is 13.6. The smallest absolute Gasteiger partial charge is 0.223 e. The quantitative estimate of drug-likeness (QED) is 0.716. The first-order valence-electron chi connectivity index (χ1n) is 8.24. The summed E-state index contributed by atoms with van der Waals surface area (Å²) in [6.07, 6.45) is 12.9. The Morgan fingerprint density at radius 2 is 2.07 bits per heavy atom. The summed E-state index contributed by atoms with van der Waals surface area (Å²) in [6.45, 7) is 0. The van der Waals surface area contributed by atoms with E-state index >= 15 is 0 Å². The predicted octanol–water partition coefficient (Wildman–Crippen LogP) is 3.63. The number of pyridine rings is 1. The molecule has 0 aliphatic heterocycles. The third-order valence-corrected chi connectivity index (χ3v) is 3.98. The number of benzene rings is 1. The molecule has 6 nitrogen and oxygen atoms in total. The maximum atomic E-state index is 13.6. The van der Waals surface area contributed by atoms with Gasteiger partial charge < -0.3 is 0 Å². The highest BCUT2D eigenvalue weighted by Gasteiger charge is 2.11. The minimum atomic E-state index is -0.537. The van der Waals surface area contributed by atoms with Crippen LogP contribution in [0, 0.1) is 17.1 Å². The van der Waals surface area contributed by atoms with Gasteiger partial charge in [-0.15, -0.1) is 15.0 Å². The molecule has 0 amide bonds. The van der Waals surface area contributed by atoms with E-state index in [9.17, 15) is 4.39 Å². The molecule has 0 saturated carbocycles. The fourth-order valence-corrected chi connectivity index (χ4v) is 2.67. The molecule has 130 valence electrons. The molecule has 3 aromatic rings. The molecule has 1 aromatic carbocycles. The van der Waals surface area contributed by atoms with Gasteiger partial charge in [-0.25, -0.2) is 4.39 Å². The Morgan fingerprint density at radius 3 is 2.89 bits per heavy atom. The van der Waals surface area contributed by atoms with Gasteiger partial charge in [0, 0.05) is 12.3 Å². The van der Waals surface area contributed by atoms with Crippen molar-refractivity contribution in [2.75, 3.05) is 0 Å². The van der Waals surface area contributed by atoms with Crippen LogP contribution in [0.15, 0.2) is 66.9 Å². The standard InChI is InChI=1S/C20H13FN6/c21-17-9-14(12-22)10-18(11-17)27-25-20(24-26-27)19-8-7-16(13-23-19)15-5-3-1-2-4-6-15/h1-3,5-11,13H,4H2. The van der Waals surface area contributed by atoms with Crippen molar-refractivity contribution in [3.8, 4) is 23.3 Å². The second kappa shape index (κ2) is 7.14. The van der Waals surface area contributed by atoms with Crippen molar-refractivity contribution in [1.29, 1.82) is 5.26 Å². The van der Waals surface area contributed by atoms with Gasteiger partial charge in [0.25, 0.3) is 0 Å². The number of halogens is 1. The fourth-order valence-electron chi connectivity index (χ4n) is 2.67. The number of tetrazole rings is 1. The number of rotatable bonds is 3. The topological polar surface area (TPSA) is 80.3 Å². The van der Waals surface area contributed by atoms with Crippen LogP contribution in [-0.2, 0) is 0 Å². The molecule has 0 spiro atoms. The maximum Gasteiger partial charge on any atom is 0.223 e. The number of nitrogens with zero attached hydrogens (tertiary/aromatic N) is 6. The normalized spacial score (nSPS) is 13.1. The third kappa shape index (κ3) is 3.55. The minimum absolute atomic E-state index is 0.186. The molecule has 1 aliphatic carbocycles. The number of hydrogen-bond donors (Lipinski definition) is 0. The van der Waals surface area contributed by atoms with Crippen molar-refractivity contribution in [3.63, 3.8) is 0 Å². The highest BCUT2D eigenvalue weighted by atomic mass is 19.1. The number of nitriles is 1. The molecule has 27 heavy (non-hydrogen) atoms. The second-order valence-corrected chi connectivity index (χ2v) is 5.83. The minimum Gasteiger partial charge on any atom is -0.252 e. The molecular weight excluding hydrogens is 343 g/mol. The predicted molar refractivity (Wildman–Crippen MR) is 97.9 cm³/mol. The van der Waals surface area contributed by atoms with Crippen LogP contribution in [0.1, 0.15) is 17.5 Å². The molecule has 7 heteroatoms. The highest BCUT2D eigenvalue weighted by molar-refractivity contribution is 5.75. The van der Waals surface area contributed by atoms with Gasteiger partial charge in [-0.2, -0.15) is 5.26 Å². The first kappa shape index (κ1) is 16.5. The average molecular weight is 356 g/mol. The Bertz CT molecular complexity index is 1120. The average Bonchev–Trinajstić information content (AvgIpc) is 3.03. The molecule has 2 heterocycles. The van der Waals surface area contributed by atoms with Crippen LogP contribution in [0.25, 0.3) is 22.8 Å². The lowest BCUT2D eigenvalue weighted by Gasteiger charge is -2.02. The van der Waals surface area contributed by atoms with E-state index < -0.39 is 5.82 Å². The number of allylic oxidation sites excluding steroid dienone is 6. The summed E-state index contributed by atoms with van der Waals surface area (Å²) in [7, 11) is 0.